The van der Waals surface area contributed by atoms with Crippen LogP contribution in [0.25, 0.3) is 0 Å². The minimum atomic E-state index is -0.625. The molecule has 2 aromatic rings. The van der Waals surface area contributed by atoms with Gasteiger partial charge in [-0.1, -0.05) is 57.9 Å². The molecule has 8 heteroatoms. The molecule has 4 N–H and O–H groups in total. The summed E-state index contributed by atoms with van der Waals surface area (Å²) in [6.07, 6.45) is 6.92. The number of nitrogens with two attached hydrogens (primary N) is 1. The number of carbonyl (C=O) groups is 3. The van der Waals surface area contributed by atoms with E-state index in [4.69, 9.17) is 5.73 Å². The fourth-order valence-electron chi connectivity index (χ4n) is 5.61. The molecule has 41 heavy (non-hydrogen) atoms. The molecule has 0 aromatic heterocycles. The topological polar surface area (TPSA) is 105 Å². The smallest absolute Gasteiger partial charge is 0.253 e. The minimum Gasteiger partial charge on any atom is -0.356 e. The molecule has 0 radical (unpaired) electrons. The maximum absolute atomic E-state index is 14.6. The lowest BCUT2D eigenvalue weighted by molar-refractivity contribution is -0.125. The summed E-state index contributed by atoms with van der Waals surface area (Å²) < 4.78 is 14.6. The number of rotatable bonds is 15. The van der Waals surface area contributed by atoms with Crippen LogP contribution in [0.15, 0.2) is 48.5 Å². The molecular formula is C33H47FN4O3. The summed E-state index contributed by atoms with van der Waals surface area (Å²) in [6.45, 7) is 7.86. The predicted octanol–water partition coefficient (Wildman–Crippen LogP) is 5.09. The van der Waals surface area contributed by atoms with Gasteiger partial charge in [0.25, 0.3) is 11.8 Å². The molecule has 0 aliphatic heterocycles. The summed E-state index contributed by atoms with van der Waals surface area (Å²) in [6, 6.07) is 11.9. The Kier molecular flexibility index (Phi) is 12.8. The Morgan fingerprint density at radius 1 is 1.00 bits per heavy atom. The van der Waals surface area contributed by atoms with Crippen LogP contribution in [0.4, 0.5) is 4.39 Å². The number of hydrogen-bond donors (Lipinski definition) is 3. The third kappa shape index (κ3) is 9.66. The van der Waals surface area contributed by atoms with Crippen molar-refractivity contribution in [3.05, 3.63) is 71.0 Å². The maximum Gasteiger partial charge on any atom is 0.253 e. The van der Waals surface area contributed by atoms with E-state index in [1.807, 2.05) is 20.8 Å². The average molecular weight is 567 g/mol. The number of benzene rings is 2. The van der Waals surface area contributed by atoms with E-state index in [9.17, 15) is 18.8 Å². The molecule has 2 aromatic carbocycles. The zero-order valence-electron chi connectivity index (χ0n) is 24.8. The van der Waals surface area contributed by atoms with Crippen molar-refractivity contribution >= 4 is 17.7 Å². The van der Waals surface area contributed by atoms with Crippen molar-refractivity contribution in [1.29, 1.82) is 0 Å². The van der Waals surface area contributed by atoms with Gasteiger partial charge in [-0.05, 0) is 74.3 Å². The molecule has 0 heterocycles. The quantitative estimate of drug-likeness (QED) is 0.279. The zero-order valence-corrected chi connectivity index (χ0v) is 24.8. The molecule has 1 fully saturated rings. The first-order chi connectivity index (χ1) is 19.7. The maximum atomic E-state index is 14.6. The van der Waals surface area contributed by atoms with E-state index in [1.165, 1.54) is 18.9 Å². The second kappa shape index (κ2) is 16.2. The lowest BCUT2D eigenvalue weighted by Crippen LogP contribution is -2.50. The lowest BCUT2D eigenvalue weighted by Gasteiger charge is -2.28. The van der Waals surface area contributed by atoms with E-state index in [-0.39, 0.29) is 30.0 Å². The predicted molar refractivity (Wildman–Crippen MR) is 161 cm³/mol. The number of halogens is 1. The van der Waals surface area contributed by atoms with E-state index in [0.717, 1.165) is 25.7 Å². The van der Waals surface area contributed by atoms with Gasteiger partial charge in [0, 0.05) is 48.8 Å². The fraction of sp³-hybridized carbons (Fsp3) is 0.545. The van der Waals surface area contributed by atoms with Gasteiger partial charge in [-0.2, -0.15) is 0 Å². The highest BCUT2D eigenvalue weighted by atomic mass is 19.1. The van der Waals surface area contributed by atoms with Crippen LogP contribution in [0.2, 0.25) is 0 Å². The Morgan fingerprint density at radius 2 is 1.66 bits per heavy atom. The normalized spacial score (nSPS) is 15.6. The monoisotopic (exact) mass is 566 g/mol. The van der Waals surface area contributed by atoms with Gasteiger partial charge < -0.3 is 21.3 Å². The molecule has 0 bridgehead atoms. The minimum absolute atomic E-state index is 0.0572. The summed E-state index contributed by atoms with van der Waals surface area (Å²) in [5.74, 6) is -0.770. The molecule has 1 aliphatic carbocycles. The molecule has 1 saturated carbocycles. The molecular weight excluding hydrogens is 519 g/mol. The number of carbonyl (C=O) groups excluding carboxylic acids is 3. The van der Waals surface area contributed by atoms with Crippen molar-refractivity contribution in [2.45, 2.75) is 84.2 Å². The Morgan fingerprint density at radius 3 is 2.32 bits per heavy atom. The van der Waals surface area contributed by atoms with Gasteiger partial charge in [0.1, 0.15) is 5.82 Å². The van der Waals surface area contributed by atoms with Crippen LogP contribution in [0.1, 0.15) is 92.0 Å². The second-order valence-corrected chi connectivity index (χ2v) is 11.4. The highest BCUT2D eigenvalue weighted by molar-refractivity contribution is 5.99. The third-order valence-electron chi connectivity index (χ3n) is 7.99. The first-order valence-corrected chi connectivity index (χ1v) is 15.2. The van der Waals surface area contributed by atoms with Crippen molar-refractivity contribution in [3.8, 4) is 0 Å². The summed E-state index contributed by atoms with van der Waals surface area (Å²) in [5, 5.41) is 6.05. The van der Waals surface area contributed by atoms with E-state index in [2.05, 4.69) is 10.6 Å². The first-order valence-electron chi connectivity index (χ1n) is 15.2. The Bertz CT molecular complexity index is 1140. The third-order valence-corrected chi connectivity index (χ3v) is 7.99. The van der Waals surface area contributed by atoms with E-state index >= 15 is 0 Å². The van der Waals surface area contributed by atoms with Crippen LogP contribution >= 0.6 is 0 Å². The molecule has 3 atom stereocenters. The average Bonchev–Trinajstić information content (AvgIpc) is 3.50. The molecule has 0 saturated heterocycles. The van der Waals surface area contributed by atoms with E-state index < -0.39 is 18.0 Å². The summed E-state index contributed by atoms with van der Waals surface area (Å²) >= 11 is 0. The van der Waals surface area contributed by atoms with Crippen LogP contribution in [-0.2, 0) is 11.2 Å². The number of hydrogen-bond acceptors (Lipinski definition) is 4. The molecule has 224 valence electrons. The number of nitrogens with zero attached hydrogens (tertiary/aromatic N) is 1. The first kappa shape index (κ1) is 32.3. The molecule has 3 amide bonds. The van der Waals surface area contributed by atoms with Gasteiger partial charge in [0.05, 0.1) is 0 Å². The van der Waals surface area contributed by atoms with Gasteiger partial charge in [-0.3, -0.25) is 14.4 Å². The SMILES string of the molecule is CCCN(CCC)C(=O)c1cccc(C(=O)N[C@@H](Cc2ccccc2F)[C@@H](N)C[C@@H](C)C(=O)NCC2CCCC2)c1. The second-order valence-electron chi connectivity index (χ2n) is 11.4. The highest BCUT2D eigenvalue weighted by Crippen LogP contribution is 2.24. The van der Waals surface area contributed by atoms with Gasteiger partial charge in [-0.15, -0.1) is 0 Å². The standard InChI is InChI=1S/C33H47FN4O3/c1-4-17-38(18-5-2)33(41)27-15-10-14-26(20-27)32(40)37-30(21-25-13-8-9-16-28(25)34)29(35)19-23(3)31(39)36-22-24-11-6-7-12-24/h8-10,13-16,20,23-24,29-30H,4-7,11-12,17-19,21-22,35H2,1-3H3,(H,36,39)(H,37,40)/t23-,29+,30+/m1/s1. The Balaban J connectivity index is 1.73. The Hall–Kier alpha value is -3.26. The van der Waals surface area contributed by atoms with Crippen LogP contribution in [0, 0.1) is 17.7 Å². The number of amides is 3. The lowest BCUT2D eigenvalue weighted by atomic mass is 9.91. The van der Waals surface area contributed by atoms with Crippen LogP contribution in [-0.4, -0.2) is 54.3 Å². The molecule has 3 rings (SSSR count). The summed E-state index contributed by atoms with van der Waals surface area (Å²) in [7, 11) is 0. The molecule has 1 aliphatic rings. The zero-order chi connectivity index (χ0) is 29.8. The van der Waals surface area contributed by atoms with Gasteiger partial charge in [0.15, 0.2) is 0 Å². The van der Waals surface area contributed by atoms with Gasteiger partial charge in [-0.25, -0.2) is 4.39 Å². The van der Waals surface area contributed by atoms with Crippen molar-refractivity contribution < 1.29 is 18.8 Å². The molecule has 7 nitrogen and oxygen atoms in total. The van der Waals surface area contributed by atoms with Crippen molar-refractivity contribution in [3.63, 3.8) is 0 Å². The van der Waals surface area contributed by atoms with Crippen LogP contribution in [0.5, 0.6) is 0 Å². The van der Waals surface area contributed by atoms with Crippen molar-refractivity contribution in [1.82, 2.24) is 15.5 Å². The van der Waals surface area contributed by atoms with Crippen LogP contribution in [0.3, 0.4) is 0 Å². The summed E-state index contributed by atoms with van der Waals surface area (Å²) in [4.78, 5) is 41.2. The molecule has 0 spiro atoms. The Labute approximate surface area is 244 Å². The van der Waals surface area contributed by atoms with Gasteiger partial charge in [0.2, 0.25) is 5.91 Å². The van der Waals surface area contributed by atoms with E-state index in [0.29, 0.717) is 48.7 Å². The number of nitrogens with one attached hydrogen (secondary N) is 2. The highest BCUT2D eigenvalue weighted by Gasteiger charge is 2.27. The van der Waals surface area contributed by atoms with E-state index in [1.54, 1.807) is 47.4 Å². The largest absolute Gasteiger partial charge is 0.356 e. The van der Waals surface area contributed by atoms with Crippen molar-refractivity contribution in [2.75, 3.05) is 19.6 Å². The van der Waals surface area contributed by atoms with Gasteiger partial charge >= 0.3 is 0 Å². The fourth-order valence-corrected chi connectivity index (χ4v) is 5.61. The summed E-state index contributed by atoms with van der Waals surface area (Å²) in [5.41, 5.74) is 7.82. The van der Waals surface area contributed by atoms with Crippen molar-refractivity contribution in [2.24, 2.45) is 17.6 Å². The molecule has 0 unspecified atom stereocenters. The van der Waals surface area contributed by atoms with Crippen LogP contribution < -0.4 is 16.4 Å².